The van der Waals surface area contributed by atoms with Crippen LogP contribution in [0.2, 0.25) is 0 Å². The quantitative estimate of drug-likeness (QED) is 0.846. The number of imidazole rings is 1. The van der Waals surface area contributed by atoms with Crippen LogP contribution >= 0.6 is 0 Å². The van der Waals surface area contributed by atoms with Crippen LogP contribution < -0.4 is 5.32 Å². The molecule has 0 aliphatic carbocycles. The van der Waals surface area contributed by atoms with Crippen LogP contribution in [0.3, 0.4) is 0 Å². The van der Waals surface area contributed by atoms with Crippen molar-refractivity contribution in [2.24, 2.45) is 13.0 Å². The van der Waals surface area contributed by atoms with Crippen molar-refractivity contribution in [3.8, 4) is 0 Å². The van der Waals surface area contributed by atoms with Crippen molar-refractivity contribution in [3.63, 3.8) is 0 Å². The molecule has 27 heavy (non-hydrogen) atoms. The largest absolute Gasteiger partial charge is 0.377 e. The van der Waals surface area contributed by atoms with E-state index in [9.17, 15) is 0 Å². The lowest BCUT2D eigenvalue weighted by atomic mass is 9.94. The lowest BCUT2D eigenvalue weighted by molar-refractivity contribution is -0.0564. The first kappa shape index (κ1) is 18.3. The molecule has 1 spiro atoms. The van der Waals surface area contributed by atoms with Gasteiger partial charge in [0.1, 0.15) is 17.2 Å². The number of aryl methyl sites for hydroxylation is 2. The summed E-state index contributed by atoms with van der Waals surface area (Å²) < 4.78 is 14.3. The molecule has 146 valence electrons. The van der Waals surface area contributed by atoms with Crippen LogP contribution in [-0.2, 0) is 23.1 Å². The first-order valence-electron chi connectivity index (χ1n) is 9.56. The van der Waals surface area contributed by atoms with E-state index in [1.165, 1.54) is 0 Å². The van der Waals surface area contributed by atoms with Gasteiger partial charge in [0.25, 0.3) is 0 Å². The molecule has 4 rings (SSSR count). The Labute approximate surface area is 159 Å². The first-order chi connectivity index (χ1) is 13.1. The number of anilines is 1. The van der Waals surface area contributed by atoms with E-state index < -0.39 is 0 Å². The minimum Gasteiger partial charge on any atom is -0.377 e. The van der Waals surface area contributed by atoms with Crippen LogP contribution in [0.1, 0.15) is 17.9 Å². The molecule has 2 aliphatic rings. The molecule has 0 aromatic carbocycles. The smallest absolute Gasteiger partial charge is 0.148 e. The Kier molecular flexibility index (Phi) is 5.38. The lowest BCUT2D eigenvalue weighted by Crippen LogP contribution is -2.44. The van der Waals surface area contributed by atoms with Crippen molar-refractivity contribution in [3.05, 3.63) is 36.0 Å². The van der Waals surface area contributed by atoms with Crippen molar-refractivity contribution in [2.75, 3.05) is 44.8 Å². The lowest BCUT2D eigenvalue weighted by Gasteiger charge is -2.31. The molecular formula is C19H28N6O2. The zero-order valence-electron chi connectivity index (χ0n) is 16.1. The highest BCUT2D eigenvalue weighted by atomic mass is 16.5. The second-order valence-corrected chi connectivity index (χ2v) is 7.72. The van der Waals surface area contributed by atoms with Crippen molar-refractivity contribution in [1.82, 2.24) is 24.6 Å². The number of aromatic nitrogens is 4. The summed E-state index contributed by atoms with van der Waals surface area (Å²) >= 11 is 0. The molecule has 8 heteroatoms. The number of nitrogens with one attached hydrogen (secondary N) is 1. The first-order valence-corrected chi connectivity index (χ1v) is 9.56. The third kappa shape index (κ3) is 4.45. The van der Waals surface area contributed by atoms with Gasteiger partial charge in [0.15, 0.2) is 0 Å². The fraction of sp³-hybridized carbons (Fsp3) is 0.632. The van der Waals surface area contributed by atoms with Crippen molar-refractivity contribution >= 4 is 5.82 Å². The maximum atomic E-state index is 6.29. The molecular weight excluding hydrogens is 344 g/mol. The summed E-state index contributed by atoms with van der Waals surface area (Å²) in [7, 11) is 2.04. The molecule has 2 aromatic heterocycles. The average molecular weight is 372 g/mol. The van der Waals surface area contributed by atoms with Gasteiger partial charge in [0, 0.05) is 45.0 Å². The Bertz CT molecular complexity index is 749. The summed E-state index contributed by atoms with van der Waals surface area (Å²) in [5, 5.41) is 11.7. The predicted octanol–water partition coefficient (Wildman–Crippen LogP) is 1.24. The summed E-state index contributed by atoms with van der Waals surface area (Å²) in [5.41, 5.74) is 0.694. The molecule has 4 heterocycles. The summed E-state index contributed by atoms with van der Waals surface area (Å²) in [6.07, 6.45) is 4.82. The topological polar surface area (TPSA) is 77.3 Å². The van der Waals surface area contributed by atoms with Gasteiger partial charge >= 0.3 is 0 Å². The van der Waals surface area contributed by atoms with E-state index in [2.05, 4.69) is 30.0 Å². The highest BCUT2D eigenvalue weighted by Crippen LogP contribution is 2.33. The normalized spacial score (nSPS) is 26.4. The summed E-state index contributed by atoms with van der Waals surface area (Å²) in [6, 6.07) is 3.94. The van der Waals surface area contributed by atoms with E-state index in [0.29, 0.717) is 12.5 Å². The minimum atomic E-state index is -0.229. The van der Waals surface area contributed by atoms with Crippen LogP contribution in [-0.4, -0.2) is 69.7 Å². The van der Waals surface area contributed by atoms with Gasteiger partial charge in [-0.05, 0) is 25.5 Å². The van der Waals surface area contributed by atoms with Crippen LogP contribution in [0.4, 0.5) is 5.82 Å². The molecule has 2 atom stereocenters. The summed E-state index contributed by atoms with van der Waals surface area (Å²) in [4.78, 5) is 6.86. The van der Waals surface area contributed by atoms with Gasteiger partial charge < -0.3 is 19.4 Å². The molecule has 2 fully saturated rings. The van der Waals surface area contributed by atoms with Crippen LogP contribution in [0.15, 0.2) is 24.5 Å². The number of hydrogen-bond donors (Lipinski definition) is 1. The molecule has 0 saturated carbocycles. The molecule has 0 unspecified atom stereocenters. The average Bonchev–Trinajstić information content (AvgIpc) is 3.18. The maximum absolute atomic E-state index is 6.29. The van der Waals surface area contributed by atoms with Gasteiger partial charge in [-0.3, -0.25) is 4.90 Å². The van der Waals surface area contributed by atoms with E-state index >= 15 is 0 Å². The Morgan fingerprint density at radius 3 is 3.04 bits per heavy atom. The number of ether oxygens (including phenoxy) is 2. The number of rotatable bonds is 5. The molecule has 2 aliphatic heterocycles. The molecule has 2 aromatic rings. The fourth-order valence-corrected chi connectivity index (χ4v) is 3.89. The summed E-state index contributed by atoms with van der Waals surface area (Å²) in [6.45, 7) is 7.50. The zero-order chi connectivity index (χ0) is 18.7. The Morgan fingerprint density at radius 1 is 1.33 bits per heavy atom. The van der Waals surface area contributed by atoms with Gasteiger partial charge in [-0.25, -0.2) is 4.98 Å². The number of hydrogen-bond acceptors (Lipinski definition) is 7. The predicted molar refractivity (Wildman–Crippen MR) is 101 cm³/mol. The van der Waals surface area contributed by atoms with Gasteiger partial charge in [0.05, 0.1) is 32.1 Å². The molecule has 2 saturated heterocycles. The highest BCUT2D eigenvalue weighted by Gasteiger charge is 2.43. The van der Waals surface area contributed by atoms with Crippen LogP contribution in [0.5, 0.6) is 0 Å². The van der Waals surface area contributed by atoms with Gasteiger partial charge in [-0.1, -0.05) is 0 Å². The van der Waals surface area contributed by atoms with E-state index in [4.69, 9.17) is 9.47 Å². The monoisotopic (exact) mass is 372 g/mol. The second kappa shape index (κ2) is 7.92. The third-order valence-electron chi connectivity index (χ3n) is 5.37. The van der Waals surface area contributed by atoms with E-state index in [1.807, 2.05) is 38.5 Å². The SMILES string of the molecule is Cc1ccc(NC[C@H]2CO[C@]3(COCCN(Cc4nccn4C)C3)C2)nn1. The molecule has 0 radical (unpaired) electrons. The van der Waals surface area contributed by atoms with Gasteiger partial charge in [0.2, 0.25) is 0 Å². The molecule has 1 N–H and O–H groups in total. The van der Waals surface area contributed by atoms with Crippen molar-refractivity contribution in [2.45, 2.75) is 25.5 Å². The molecule has 0 bridgehead atoms. The second-order valence-electron chi connectivity index (χ2n) is 7.72. The zero-order valence-corrected chi connectivity index (χ0v) is 16.1. The van der Waals surface area contributed by atoms with E-state index in [-0.39, 0.29) is 5.60 Å². The van der Waals surface area contributed by atoms with Crippen molar-refractivity contribution in [1.29, 1.82) is 0 Å². The highest BCUT2D eigenvalue weighted by molar-refractivity contribution is 5.32. The van der Waals surface area contributed by atoms with Gasteiger partial charge in [-0.15, -0.1) is 5.10 Å². The Balaban J connectivity index is 1.34. The van der Waals surface area contributed by atoms with Crippen LogP contribution in [0.25, 0.3) is 0 Å². The van der Waals surface area contributed by atoms with Crippen molar-refractivity contribution < 1.29 is 9.47 Å². The fourth-order valence-electron chi connectivity index (χ4n) is 3.89. The third-order valence-corrected chi connectivity index (χ3v) is 5.37. The standard InChI is InChI=1S/C19H28N6O2/c1-15-3-4-17(23-22-15)21-10-16-9-19(27-12-16)13-25(7-8-26-14-19)11-18-20-5-6-24(18)2/h3-6,16H,7-14H2,1-2H3,(H,21,23)/t16-,19+/m0/s1. The van der Waals surface area contributed by atoms with Gasteiger partial charge in [-0.2, -0.15) is 5.10 Å². The molecule has 0 amide bonds. The minimum absolute atomic E-state index is 0.229. The van der Waals surface area contributed by atoms with E-state index in [1.54, 1.807) is 0 Å². The maximum Gasteiger partial charge on any atom is 0.148 e. The molecule has 8 nitrogen and oxygen atoms in total. The van der Waals surface area contributed by atoms with E-state index in [0.717, 1.165) is 63.1 Å². The Morgan fingerprint density at radius 2 is 2.26 bits per heavy atom. The van der Waals surface area contributed by atoms with Crippen LogP contribution in [0, 0.1) is 12.8 Å². The Hall–Kier alpha value is -2.03. The summed E-state index contributed by atoms with van der Waals surface area (Å²) in [5.74, 6) is 2.32. The number of nitrogens with zero attached hydrogens (tertiary/aromatic N) is 5.